The first-order chi connectivity index (χ1) is 14.2. The number of aromatic nitrogens is 1. The lowest BCUT2D eigenvalue weighted by Gasteiger charge is -2.41. The molecule has 1 aromatic heterocycles. The van der Waals surface area contributed by atoms with Gasteiger partial charge in [-0.2, -0.15) is 0 Å². The largest absolute Gasteiger partial charge is 0.497 e. The standard InChI is InChI=1S/C22H32N4O2S/c1-28-20-6-4-5-18(13-20)15-26-11-10-24(16-19(26)7-12-27)17-21-14-23-22(29-21)25-8-2-3-9-25/h4-6,13-14,19,27H,2-3,7-12,15-17H2,1H3/t19-/m0/s1. The molecule has 0 amide bonds. The van der Waals surface area contributed by atoms with E-state index in [2.05, 4.69) is 38.0 Å². The number of rotatable bonds is 8. The van der Waals surface area contributed by atoms with E-state index in [-0.39, 0.29) is 6.61 Å². The molecular formula is C22H32N4O2S. The van der Waals surface area contributed by atoms with E-state index >= 15 is 0 Å². The zero-order valence-corrected chi connectivity index (χ0v) is 18.1. The van der Waals surface area contributed by atoms with Crippen LogP contribution in [-0.4, -0.2) is 72.4 Å². The molecule has 2 saturated heterocycles. The number of hydrogen-bond donors (Lipinski definition) is 1. The predicted molar refractivity (Wildman–Crippen MR) is 118 cm³/mol. The molecular weight excluding hydrogens is 384 g/mol. The Morgan fingerprint density at radius 3 is 2.83 bits per heavy atom. The summed E-state index contributed by atoms with van der Waals surface area (Å²) in [6.45, 7) is 7.43. The molecule has 6 nitrogen and oxygen atoms in total. The second-order valence-electron chi connectivity index (χ2n) is 8.03. The Hall–Kier alpha value is -1.67. The zero-order valence-electron chi connectivity index (χ0n) is 17.3. The molecule has 0 spiro atoms. The smallest absolute Gasteiger partial charge is 0.185 e. The van der Waals surface area contributed by atoms with Crippen molar-refractivity contribution in [2.45, 2.75) is 38.4 Å². The Kier molecular flexibility index (Phi) is 7.02. The summed E-state index contributed by atoms with van der Waals surface area (Å²) in [4.78, 5) is 13.4. The van der Waals surface area contributed by atoms with Crippen LogP contribution in [0.4, 0.5) is 5.13 Å². The lowest BCUT2D eigenvalue weighted by Crippen LogP contribution is -2.52. The molecule has 0 unspecified atom stereocenters. The molecule has 2 aliphatic heterocycles. The van der Waals surface area contributed by atoms with E-state index in [0.717, 1.165) is 58.0 Å². The molecule has 7 heteroatoms. The van der Waals surface area contributed by atoms with Crippen molar-refractivity contribution in [2.75, 3.05) is 51.3 Å². The monoisotopic (exact) mass is 416 g/mol. The topological polar surface area (TPSA) is 52.1 Å². The van der Waals surface area contributed by atoms with Crippen molar-refractivity contribution in [1.82, 2.24) is 14.8 Å². The highest BCUT2D eigenvalue weighted by atomic mass is 32.1. The lowest BCUT2D eigenvalue weighted by atomic mass is 10.1. The first-order valence-electron chi connectivity index (χ1n) is 10.6. The summed E-state index contributed by atoms with van der Waals surface area (Å²) in [7, 11) is 1.71. The number of benzene rings is 1. The lowest BCUT2D eigenvalue weighted by molar-refractivity contribution is 0.0504. The van der Waals surface area contributed by atoms with Crippen LogP contribution >= 0.6 is 11.3 Å². The van der Waals surface area contributed by atoms with Crippen molar-refractivity contribution in [3.05, 3.63) is 40.9 Å². The van der Waals surface area contributed by atoms with Crippen molar-refractivity contribution in [2.24, 2.45) is 0 Å². The van der Waals surface area contributed by atoms with Crippen LogP contribution in [0, 0.1) is 0 Å². The first kappa shape index (κ1) is 20.6. The van der Waals surface area contributed by atoms with E-state index in [1.807, 2.05) is 23.5 Å². The molecule has 0 radical (unpaired) electrons. The fourth-order valence-electron chi connectivity index (χ4n) is 4.38. The molecule has 4 rings (SSSR count). The second-order valence-corrected chi connectivity index (χ2v) is 9.12. The van der Waals surface area contributed by atoms with Gasteiger partial charge in [0.2, 0.25) is 0 Å². The maximum atomic E-state index is 9.61. The van der Waals surface area contributed by atoms with E-state index in [1.165, 1.54) is 28.4 Å². The minimum absolute atomic E-state index is 0.229. The van der Waals surface area contributed by atoms with E-state index in [1.54, 1.807) is 7.11 Å². The van der Waals surface area contributed by atoms with Crippen molar-refractivity contribution >= 4 is 16.5 Å². The highest BCUT2D eigenvalue weighted by Gasteiger charge is 2.27. The molecule has 2 fully saturated rings. The number of piperazine rings is 1. The Balaban J connectivity index is 1.36. The van der Waals surface area contributed by atoms with Gasteiger partial charge >= 0.3 is 0 Å². The van der Waals surface area contributed by atoms with Crippen LogP contribution in [0.5, 0.6) is 5.75 Å². The summed E-state index contributed by atoms with van der Waals surface area (Å²) in [6, 6.07) is 8.67. The van der Waals surface area contributed by atoms with Crippen molar-refractivity contribution < 1.29 is 9.84 Å². The average Bonchev–Trinajstić information content (AvgIpc) is 3.42. The number of ether oxygens (including phenoxy) is 1. The number of hydrogen-bond acceptors (Lipinski definition) is 7. The van der Waals surface area contributed by atoms with Crippen LogP contribution in [0.1, 0.15) is 29.7 Å². The molecule has 3 heterocycles. The zero-order chi connectivity index (χ0) is 20.1. The Morgan fingerprint density at radius 1 is 1.17 bits per heavy atom. The third kappa shape index (κ3) is 5.28. The third-order valence-corrected chi connectivity index (χ3v) is 7.01. The van der Waals surface area contributed by atoms with Gasteiger partial charge in [-0.1, -0.05) is 12.1 Å². The molecule has 29 heavy (non-hydrogen) atoms. The van der Waals surface area contributed by atoms with Crippen LogP contribution in [0.3, 0.4) is 0 Å². The predicted octanol–water partition coefficient (Wildman–Crippen LogP) is 2.82. The van der Waals surface area contributed by atoms with Gasteiger partial charge in [0.1, 0.15) is 5.75 Å². The van der Waals surface area contributed by atoms with E-state index < -0.39 is 0 Å². The Morgan fingerprint density at radius 2 is 2.03 bits per heavy atom. The summed E-state index contributed by atoms with van der Waals surface area (Å²) in [6.07, 6.45) is 5.43. The van der Waals surface area contributed by atoms with Gasteiger partial charge in [-0.3, -0.25) is 9.80 Å². The summed E-state index contributed by atoms with van der Waals surface area (Å²) in [5.41, 5.74) is 1.26. The van der Waals surface area contributed by atoms with E-state index in [0.29, 0.717) is 6.04 Å². The summed E-state index contributed by atoms with van der Waals surface area (Å²) >= 11 is 1.84. The first-order valence-corrected chi connectivity index (χ1v) is 11.5. The minimum atomic E-state index is 0.229. The molecule has 1 N–H and O–H groups in total. The normalized spacial score (nSPS) is 21.0. The van der Waals surface area contributed by atoms with Gasteiger partial charge in [-0.05, 0) is 37.0 Å². The van der Waals surface area contributed by atoms with Crippen LogP contribution in [0.15, 0.2) is 30.5 Å². The highest BCUT2D eigenvalue weighted by molar-refractivity contribution is 7.15. The van der Waals surface area contributed by atoms with Crippen LogP contribution in [0.25, 0.3) is 0 Å². The van der Waals surface area contributed by atoms with Crippen molar-refractivity contribution in [3.63, 3.8) is 0 Å². The summed E-state index contributed by atoms with van der Waals surface area (Å²) < 4.78 is 5.37. The van der Waals surface area contributed by atoms with E-state index in [9.17, 15) is 5.11 Å². The molecule has 1 aromatic carbocycles. The number of aliphatic hydroxyl groups excluding tert-OH is 1. The van der Waals surface area contributed by atoms with Crippen LogP contribution in [-0.2, 0) is 13.1 Å². The van der Waals surface area contributed by atoms with Gasteiger partial charge in [0, 0.05) is 69.5 Å². The number of aliphatic hydroxyl groups is 1. The minimum Gasteiger partial charge on any atom is -0.497 e. The van der Waals surface area contributed by atoms with Gasteiger partial charge in [-0.15, -0.1) is 11.3 Å². The van der Waals surface area contributed by atoms with Crippen molar-refractivity contribution in [1.29, 1.82) is 0 Å². The summed E-state index contributed by atoms with van der Waals surface area (Å²) in [5, 5.41) is 10.8. The maximum absolute atomic E-state index is 9.61. The maximum Gasteiger partial charge on any atom is 0.185 e. The molecule has 0 saturated carbocycles. The van der Waals surface area contributed by atoms with E-state index in [4.69, 9.17) is 4.74 Å². The Bertz CT molecular complexity index is 778. The van der Waals surface area contributed by atoms with Gasteiger partial charge in [0.25, 0.3) is 0 Å². The number of methoxy groups -OCH3 is 1. The quantitative estimate of drug-likeness (QED) is 0.714. The molecule has 0 bridgehead atoms. The average molecular weight is 417 g/mol. The number of thiazole rings is 1. The fourth-order valence-corrected chi connectivity index (χ4v) is 5.39. The number of nitrogens with zero attached hydrogens (tertiary/aromatic N) is 4. The molecule has 0 aliphatic carbocycles. The van der Waals surface area contributed by atoms with Gasteiger partial charge in [0.15, 0.2) is 5.13 Å². The van der Waals surface area contributed by atoms with Gasteiger partial charge in [0.05, 0.1) is 7.11 Å². The summed E-state index contributed by atoms with van der Waals surface area (Å²) in [5.74, 6) is 0.902. The SMILES string of the molecule is COc1cccc(CN2CCN(Cc3cnc(N4CCCC4)s3)C[C@@H]2CCO)c1. The molecule has 2 aliphatic rings. The van der Waals surface area contributed by atoms with Gasteiger partial charge in [-0.25, -0.2) is 4.98 Å². The fraction of sp³-hybridized carbons (Fsp3) is 0.591. The van der Waals surface area contributed by atoms with Crippen LogP contribution < -0.4 is 9.64 Å². The molecule has 158 valence electrons. The van der Waals surface area contributed by atoms with Crippen molar-refractivity contribution in [3.8, 4) is 5.75 Å². The second kappa shape index (κ2) is 9.89. The van der Waals surface area contributed by atoms with Crippen LogP contribution in [0.2, 0.25) is 0 Å². The highest BCUT2D eigenvalue weighted by Crippen LogP contribution is 2.27. The number of anilines is 1. The Labute approximate surface area is 177 Å². The molecule has 1 atom stereocenters. The van der Waals surface area contributed by atoms with Gasteiger partial charge < -0.3 is 14.7 Å². The molecule has 2 aromatic rings. The third-order valence-electron chi connectivity index (χ3n) is 5.97.